The average molecular weight is 326 g/mol. The summed E-state index contributed by atoms with van der Waals surface area (Å²) in [6, 6.07) is 4.61. The lowest BCUT2D eigenvalue weighted by Gasteiger charge is -1.98. The predicted molar refractivity (Wildman–Crippen MR) is 87.6 cm³/mol. The summed E-state index contributed by atoms with van der Waals surface area (Å²) in [5.74, 6) is -0.600. The Bertz CT molecular complexity index is 985. The lowest BCUT2D eigenvalue weighted by Crippen LogP contribution is -2.13. The van der Waals surface area contributed by atoms with Crippen LogP contribution in [0.15, 0.2) is 46.6 Å². The minimum atomic E-state index is -0.312. The average Bonchev–Trinajstić information content (AvgIpc) is 3.22. The van der Waals surface area contributed by atoms with Crippen molar-refractivity contribution in [3.8, 4) is 0 Å². The zero-order valence-electron chi connectivity index (χ0n) is 12.1. The molecule has 2 aromatic heterocycles. The van der Waals surface area contributed by atoms with Gasteiger partial charge in [0.15, 0.2) is 0 Å². The Hall–Kier alpha value is -2.80. The Morgan fingerprint density at radius 1 is 1.39 bits per heavy atom. The molecule has 114 valence electrons. The first-order valence-electron chi connectivity index (χ1n) is 6.88. The van der Waals surface area contributed by atoms with E-state index in [1.807, 2.05) is 23.2 Å². The number of hydrazone groups is 1. The summed E-state index contributed by atoms with van der Waals surface area (Å²) in [5, 5.41) is 7.30. The van der Waals surface area contributed by atoms with Crippen LogP contribution in [0.1, 0.15) is 10.6 Å². The van der Waals surface area contributed by atoms with Crippen molar-refractivity contribution < 1.29 is 9.18 Å². The van der Waals surface area contributed by atoms with E-state index >= 15 is 0 Å². The molecule has 1 N–H and O–H groups in total. The van der Waals surface area contributed by atoms with Gasteiger partial charge in [-0.25, -0.2) is 14.8 Å². The van der Waals surface area contributed by atoms with Gasteiger partial charge in [-0.15, -0.1) is 11.3 Å². The van der Waals surface area contributed by atoms with Crippen LogP contribution < -0.4 is 5.43 Å². The lowest BCUT2D eigenvalue weighted by molar-refractivity contribution is -0.116. The molecule has 23 heavy (non-hydrogen) atoms. The first kappa shape index (κ1) is 13.8. The van der Waals surface area contributed by atoms with Gasteiger partial charge >= 0.3 is 0 Å². The van der Waals surface area contributed by atoms with E-state index < -0.39 is 0 Å². The van der Waals surface area contributed by atoms with Crippen LogP contribution in [0.2, 0.25) is 0 Å². The third kappa shape index (κ3) is 2.25. The van der Waals surface area contributed by atoms with E-state index in [0.29, 0.717) is 16.3 Å². The van der Waals surface area contributed by atoms with Crippen molar-refractivity contribution in [2.24, 2.45) is 12.1 Å². The molecule has 0 fully saturated rings. The van der Waals surface area contributed by atoms with Gasteiger partial charge in [0, 0.05) is 41.3 Å². The van der Waals surface area contributed by atoms with Crippen molar-refractivity contribution in [3.63, 3.8) is 0 Å². The minimum absolute atomic E-state index is 0.288. The maximum Gasteiger partial charge on any atom is 0.273 e. The number of carbonyl (C=O) groups is 1. The number of halogens is 1. The largest absolute Gasteiger partial charge is 0.350 e. The zero-order valence-corrected chi connectivity index (χ0v) is 12.9. The van der Waals surface area contributed by atoms with Crippen molar-refractivity contribution in [1.82, 2.24) is 15.0 Å². The van der Waals surface area contributed by atoms with E-state index in [0.717, 1.165) is 16.5 Å². The number of amides is 1. The fourth-order valence-corrected chi connectivity index (χ4v) is 3.28. The summed E-state index contributed by atoms with van der Waals surface area (Å²) < 4.78 is 15.5. The quantitative estimate of drug-likeness (QED) is 0.736. The third-order valence-electron chi connectivity index (χ3n) is 3.69. The van der Waals surface area contributed by atoms with Gasteiger partial charge in [-0.3, -0.25) is 4.79 Å². The van der Waals surface area contributed by atoms with Crippen LogP contribution >= 0.6 is 11.3 Å². The molecule has 0 atom stereocenters. The van der Waals surface area contributed by atoms with Crippen LogP contribution in [0, 0.1) is 5.82 Å². The molecule has 3 aromatic rings. The Labute approximate surface area is 134 Å². The molecular weight excluding hydrogens is 315 g/mol. The Morgan fingerprint density at radius 2 is 2.26 bits per heavy atom. The van der Waals surface area contributed by atoms with Crippen molar-refractivity contribution in [2.75, 3.05) is 0 Å². The summed E-state index contributed by atoms with van der Waals surface area (Å²) in [6.07, 6.45) is 5.25. The molecule has 4 rings (SSSR count). The van der Waals surface area contributed by atoms with E-state index in [2.05, 4.69) is 15.5 Å². The number of aromatic nitrogens is 2. The van der Waals surface area contributed by atoms with Crippen molar-refractivity contribution >= 4 is 39.9 Å². The molecule has 1 aliphatic rings. The van der Waals surface area contributed by atoms with Crippen LogP contribution in [0.25, 0.3) is 17.0 Å². The van der Waals surface area contributed by atoms with Gasteiger partial charge < -0.3 is 4.57 Å². The second-order valence-corrected chi connectivity index (χ2v) is 6.05. The Kier molecular flexibility index (Phi) is 3.09. The molecule has 0 saturated heterocycles. The summed E-state index contributed by atoms with van der Waals surface area (Å²) in [6.45, 7) is 0. The fourth-order valence-electron chi connectivity index (χ4n) is 2.64. The molecule has 7 heteroatoms. The maximum absolute atomic E-state index is 13.6. The molecule has 0 aliphatic carbocycles. The Balaban J connectivity index is 1.88. The van der Waals surface area contributed by atoms with Gasteiger partial charge in [0.1, 0.15) is 16.5 Å². The number of carbonyl (C=O) groups excluding carboxylic acids is 1. The van der Waals surface area contributed by atoms with Crippen LogP contribution in [0.5, 0.6) is 0 Å². The molecule has 1 aliphatic heterocycles. The van der Waals surface area contributed by atoms with Gasteiger partial charge in [-0.1, -0.05) is 0 Å². The smallest absolute Gasteiger partial charge is 0.273 e. The van der Waals surface area contributed by atoms with Gasteiger partial charge in [0.05, 0.1) is 5.57 Å². The monoisotopic (exact) mass is 326 g/mol. The molecule has 0 spiro atoms. The SMILES string of the molecule is Cn1cc(/C=C2\C(=O)NN=C2c2nccs2)c2cc(F)ccc21. The summed E-state index contributed by atoms with van der Waals surface area (Å²) >= 11 is 1.41. The number of fused-ring (bicyclic) bond motifs is 1. The minimum Gasteiger partial charge on any atom is -0.350 e. The third-order valence-corrected chi connectivity index (χ3v) is 4.47. The number of benzene rings is 1. The summed E-state index contributed by atoms with van der Waals surface area (Å²) in [4.78, 5) is 16.3. The first-order chi connectivity index (χ1) is 11.1. The van der Waals surface area contributed by atoms with E-state index in [1.54, 1.807) is 18.3 Å². The Morgan fingerprint density at radius 3 is 3.04 bits per heavy atom. The molecule has 1 aromatic carbocycles. The molecule has 0 radical (unpaired) electrons. The molecule has 3 heterocycles. The first-order valence-corrected chi connectivity index (χ1v) is 7.76. The normalized spacial score (nSPS) is 16.2. The highest BCUT2D eigenvalue weighted by molar-refractivity contribution is 7.12. The molecule has 0 unspecified atom stereocenters. The number of thiazole rings is 1. The molecule has 0 bridgehead atoms. The second-order valence-electron chi connectivity index (χ2n) is 5.15. The number of hydrogen-bond acceptors (Lipinski definition) is 4. The standard InChI is InChI=1S/C16H11FN4OS/c1-21-8-9(11-7-10(17)2-3-13(11)21)6-12-14(19-20-15(12)22)16-18-4-5-23-16/h2-8H,1H3,(H,20,22)/b12-6-. The van der Waals surface area contributed by atoms with Gasteiger partial charge in [0.25, 0.3) is 5.91 Å². The maximum atomic E-state index is 13.6. The van der Waals surface area contributed by atoms with Gasteiger partial charge in [-0.05, 0) is 24.3 Å². The van der Waals surface area contributed by atoms with Crippen LogP contribution in [0.3, 0.4) is 0 Å². The molecule has 0 saturated carbocycles. The summed E-state index contributed by atoms with van der Waals surface area (Å²) in [5.41, 5.74) is 5.06. The molecule has 5 nitrogen and oxygen atoms in total. The van der Waals surface area contributed by atoms with E-state index in [-0.39, 0.29) is 11.7 Å². The van der Waals surface area contributed by atoms with Crippen molar-refractivity contribution in [3.05, 3.63) is 57.9 Å². The second kappa shape index (κ2) is 5.13. The number of nitrogens with one attached hydrogen (secondary N) is 1. The van der Waals surface area contributed by atoms with Crippen LogP contribution in [-0.4, -0.2) is 21.2 Å². The topological polar surface area (TPSA) is 59.3 Å². The van der Waals surface area contributed by atoms with E-state index in [1.165, 1.54) is 23.5 Å². The molecular formula is C16H11FN4OS. The highest BCUT2D eigenvalue weighted by Gasteiger charge is 2.26. The van der Waals surface area contributed by atoms with Gasteiger partial charge in [0.2, 0.25) is 0 Å². The van der Waals surface area contributed by atoms with Gasteiger partial charge in [-0.2, -0.15) is 5.10 Å². The number of nitrogens with zero attached hydrogens (tertiary/aromatic N) is 3. The number of rotatable bonds is 2. The number of hydrogen-bond donors (Lipinski definition) is 1. The fraction of sp³-hybridized carbons (Fsp3) is 0.0625. The zero-order chi connectivity index (χ0) is 16.0. The summed E-state index contributed by atoms with van der Waals surface area (Å²) in [7, 11) is 1.88. The lowest BCUT2D eigenvalue weighted by atomic mass is 10.1. The molecule has 1 amide bonds. The van der Waals surface area contributed by atoms with Crippen LogP contribution in [0.4, 0.5) is 4.39 Å². The predicted octanol–water partition coefficient (Wildman–Crippen LogP) is 2.69. The van der Waals surface area contributed by atoms with Crippen LogP contribution in [-0.2, 0) is 11.8 Å². The highest BCUT2D eigenvalue weighted by Crippen LogP contribution is 2.26. The van der Waals surface area contributed by atoms with Crippen molar-refractivity contribution in [2.45, 2.75) is 0 Å². The number of aryl methyl sites for hydroxylation is 1. The highest BCUT2D eigenvalue weighted by atomic mass is 32.1. The van der Waals surface area contributed by atoms with E-state index in [4.69, 9.17) is 0 Å². The van der Waals surface area contributed by atoms with Crippen molar-refractivity contribution in [1.29, 1.82) is 0 Å². The van der Waals surface area contributed by atoms with E-state index in [9.17, 15) is 9.18 Å².